The standard InChI is InChI=1S/C17H29NO4/c1-5-17(6-2)13(21-7-3)11-14(17)22-16(20)12-8-9-18(4)15(19)10-12/h12-14H,5-11H2,1-4H3/t12-,13-,14+/m1/s1. The van der Waals surface area contributed by atoms with Crippen molar-refractivity contribution >= 4 is 11.9 Å². The van der Waals surface area contributed by atoms with Crippen molar-refractivity contribution in [3.05, 3.63) is 0 Å². The molecule has 1 heterocycles. The lowest BCUT2D eigenvalue weighted by Gasteiger charge is -2.54. The Hall–Kier alpha value is -1.10. The fourth-order valence-electron chi connectivity index (χ4n) is 3.85. The minimum atomic E-state index is -0.277. The fourth-order valence-corrected chi connectivity index (χ4v) is 3.85. The summed E-state index contributed by atoms with van der Waals surface area (Å²) in [5.74, 6) is -0.444. The largest absolute Gasteiger partial charge is 0.461 e. The molecule has 0 spiro atoms. The van der Waals surface area contributed by atoms with Crippen LogP contribution in [0.3, 0.4) is 0 Å². The molecule has 1 aliphatic heterocycles. The van der Waals surface area contributed by atoms with Crippen molar-refractivity contribution in [2.24, 2.45) is 11.3 Å². The van der Waals surface area contributed by atoms with E-state index in [1.54, 1.807) is 11.9 Å². The first-order valence-electron chi connectivity index (χ1n) is 8.54. The Morgan fingerprint density at radius 2 is 1.95 bits per heavy atom. The molecule has 0 unspecified atom stereocenters. The van der Waals surface area contributed by atoms with Gasteiger partial charge in [-0.2, -0.15) is 0 Å². The lowest BCUT2D eigenvalue weighted by Crippen LogP contribution is -2.59. The molecule has 0 radical (unpaired) electrons. The van der Waals surface area contributed by atoms with Gasteiger partial charge in [0.05, 0.1) is 12.0 Å². The zero-order valence-corrected chi connectivity index (χ0v) is 14.3. The summed E-state index contributed by atoms with van der Waals surface area (Å²) < 4.78 is 11.6. The first-order chi connectivity index (χ1) is 10.5. The molecule has 22 heavy (non-hydrogen) atoms. The van der Waals surface area contributed by atoms with E-state index in [4.69, 9.17) is 9.47 Å². The zero-order chi connectivity index (χ0) is 16.3. The third kappa shape index (κ3) is 3.00. The molecule has 5 nitrogen and oxygen atoms in total. The monoisotopic (exact) mass is 311 g/mol. The number of carbonyl (C=O) groups is 2. The molecule has 0 aromatic rings. The van der Waals surface area contributed by atoms with Gasteiger partial charge in [0.25, 0.3) is 0 Å². The Morgan fingerprint density at radius 3 is 2.50 bits per heavy atom. The average molecular weight is 311 g/mol. The number of ether oxygens (including phenoxy) is 2. The van der Waals surface area contributed by atoms with E-state index in [1.807, 2.05) is 6.92 Å². The summed E-state index contributed by atoms with van der Waals surface area (Å²) in [6, 6.07) is 0. The van der Waals surface area contributed by atoms with Gasteiger partial charge in [-0.3, -0.25) is 9.59 Å². The predicted molar refractivity (Wildman–Crippen MR) is 83.3 cm³/mol. The zero-order valence-electron chi connectivity index (χ0n) is 14.3. The smallest absolute Gasteiger partial charge is 0.309 e. The molecule has 0 aromatic heterocycles. The summed E-state index contributed by atoms with van der Waals surface area (Å²) in [5, 5.41) is 0. The molecule has 0 bridgehead atoms. The highest BCUT2D eigenvalue weighted by Gasteiger charge is 2.56. The molecule has 1 aliphatic carbocycles. The number of hydrogen-bond donors (Lipinski definition) is 0. The van der Waals surface area contributed by atoms with Gasteiger partial charge in [0.1, 0.15) is 6.10 Å². The summed E-state index contributed by atoms with van der Waals surface area (Å²) in [6.07, 6.45) is 3.76. The lowest BCUT2D eigenvalue weighted by molar-refractivity contribution is -0.219. The normalized spacial score (nSPS) is 30.8. The van der Waals surface area contributed by atoms with E-state index in [0.717, 1.165) is 19.3 Å². The van der Waals surface area contributed by atoms with E-state index in [0.29, 0.717) is 19.6 Å². The van der Waals surface area contributed by atoms with E-state index >= 15 is 0 Å². The molecule has 2 aliphatic rings. The van der Waals surface area contributed by atoms with Crippen LogP contribution in [0.5, 0.6) is 0 Å². The Morgan fingerprint density at radius 1 is 1.27 bits per heavy atom. The number of rotatable bonds is 6. The summed E-state index contributed by atoms with van der Waals surface area (Å²) in [4.78, 5) is 25.8. The minimum absolute atomic E-state index is 0.0336. The molecule has 1 amide bonds. The van der Waals surface area contributed by atoms with Crippen molar-refractivity contribution in [1.82, 2.24) is 4.90 Å². The number of hydrogen-bond acceptors (Lipinski definition) is 4. The molecule has 0 aromatic carbocycles. The molecule has 126 valence electrons. The second-order valence-electron chi connectivity index (χ2n) is 6.55. The SMILES string of the molecule is CCO[C@@H]1C[C@H](OC(=O)[C@@H]2CCN(C)C(=O)C2)C1(CC)CC. The second-order valence-corrected chi connectivity index (χ2v) is 6.55. The van der Waals surface area contributed by atoms with Gasteiger partial charge in [0.15, 0.2) is 0 Å². The van der Waals surface area contributed by atoms with Crippen LogP contribution in [0.2, 0.25) is 0 Å². The number of esters is 1. The van der Waals surface area contributed by atoms with Crippen molar-refractivity contribution in [2.45, 2.75) is 65.1 Å². The van der Waals surface area contributed by atoms with E-state index < -0.39 is 0 Å². The summed E-state index contributed by atoms with van der Waals surface area (Å²) >= 11 is 0. The first-order valence-corrected chi connectivity index (χ1v) is 8.54. The van der Waals surface area contributed by atoms with Gasteiger partial charge in [-0.25, -0.2) is 0 Å². The molecule has 1 saturated heterocycles. The fraction of sp³-hybridized carbons (Fsp3) is 0.882. The maximum absolute atomic E-state index is 12.4. The second kappa shape index (κ2) is 6.99. The molecule has 1 saturated carbocycles. The van der Waals surface area contributed by atoms with E-state index in [1.165, 1.54) is 0 Å². The van der Waals surface area contributed by atoms with Gasteiger partial charge in [-0.1, -0.05) is 13.8 Å². The van der Waals surface area contributed by atoms with Crippen LogP contribution < -0.4 is 0 Å². The lowest BCUT2D eigenvalue weighted by atomic mass is 9.60. The van der Waals surface area contributed by atoms with E-state index in [9.17, 15) is 9.59 Å². The van der Waals surface area contributed by atoms with Crippen LogP contribution in [0.25, 0.3) is 0 Å². The van der Waals surface area contributed by atoms with Crippen molar-refractivity contribution in [1.29, 1.82) is 0 Å². The van der Waals surface area contributed by atoms with Crippen LogP contribution in [-0.2, 0) is 19.1 Å². The Balaban J connectivity index is 1.95. The van der Waals surface area contributed by atoms with E-state index in [2.05, 4.69) is 13.8 Å². The van der Waals surface area contributed by atoms with Gasteiger partial charge in [-0.05, 0) is 26.2 Å². The van der Waals surface area contributed by atoms with Crippen molar-refractivity contribution in [3.63, 3.8) is 0 Å². The summed E-state index contributed by atoms with van der Waals surface area (Å²) in [7, 11) is 1.78. The first kappa shape index (κ1) is 17.3. The van der Waals surface area contributed by atoms with Crippen LogP contribution in [-0.4, -0.2) is 49.2 Å². The van der Waals surface area contributed by atoms with Gasteiger partial charge in [-0.15, -0.1) is 0 Å². The number of piperidine rings is 1. The number of nitrogens with zero attached hydrogens (tertiary/aromatic N) is 1. The molecular formula is C17H29NO4. The Kier molecular flexibility index (Phi) is 5.48. The molecular weight excluding hydrogens is 282 g/mol. The van der Waals surface area contributed by atoms with Crippen LogP contribution in [0, 0.1) is 11.3 Å². The third-order valence-corrected chi connectivity index (χ3v) is 5.65. The molecule has 2 fully saturated rings. The van der Waals surface area contributed by atoms with Gasteiger partial charge in [0, 0.05) is 38.5 Å². The predicted octanol–water partition coefficient (Wildman–Crippen LogP) is 2.38. The van der Waals surface area contributed by atoms with Crippen molar-refractivity contribution in [3.8, 4) is 0 Å². The topological polar surface area (TPSA) is 55.8 Å². The highest BCUT2D eigenvalue weighted by atomic mass is 16.6. The van der Waals surface area contributed by atoms with Gasteiger partial charge >= 0.3 is 5.97 Å². The minimum Gasteiger partial charge on any atom is -0.461 e. The number of likely N-dealkylation sites (tertiary alicyclic amines) is 1. The molecule has 2 rings (SSSR count). The highest BCUT2D eigenvalue weighted by Crippen LogP contribution is 2.50. The highest BCUT2D eigenvalue weighted by molar-refractivity contribution is 5.84. The Bertz CT molecular complexity index is 419. The van der Waals surface area contributed by atoms with Crippen molar-refractivity contribution in [2.75, 3.05) is 20.2 Å². The summed E-state index contributed by atoms with van der Waals surface area (Å²) in [5.41, 5.74) is -0.0544. The van der Waals surface area contributed by atoms with E-state index in [-0.39, 0.29) is 41.8 Å². The van der Waals surface area contributed by atoms with Crippen LogP contribution >= 0.6 is 0 Å². The summed E-state index contributed by atoms with van der Waals surface area (Å²) in [6.45, 7) is 7.59. The molecule has 3 atom stereocenters. The number of carbonyl (C=O) groups excluding carboxylic acids is 2. The molecule has 5 heteroatoms. The average Bonchev–Trinajstić information content (AvgIpc) is 2.50. The Labute approximate surface area is 133 Å². The maximum Gasteiger partial charge on any atom is 0.309 e. The van der Waals surface area contributed by atoms with Gasteiger partial charge < -0.3 is 14.4 Å². The van der Waals surface area contributed by atoms with Crippen LogP contribution in [0.4, 0.5) is 0 Å². The quantitative estimate of drug-likeness (QED) is 0.707. The van der Waals surface area contributed by atoms with Gasteiger partial charge in [0.2, 0.25) is 5.91 Å². The van der Waals surface area contributed by atoms with Crippen LogP contribution in [0.1, 0.15) is 52.9 Å². The third-order valence-electron chi connectivity index (χ3n) is 5.65. The number of amides is 1. The maximum atomic E-state index is 12.4. The van der Waals surface area contributed by atoms with Crippen LogP contribution in [0.15, 0.2) is 0 Å². The van der Waals surface area contributed by atoms with Crippen molar-refractivity contribution < 1.29 is 19.1 Å². The molecule has 0 N–H and O–H groups in total.